The molecule has 0 aliphatic carbocycles. The normalized spacial score (nSPS) is 25.5. The van der Waals surface area contributed by atoms with Crippen molar-refractivity contribution in [2.75, 3.05) is 19.6 Å². The van der Waals surface area contributed by atoms with E-state index in [4.69, 9.17) is 4.74 Å². The van der Waals surface area contributed by atoms with Crippen LogP contribution in [-0.4, -0.2) is 36.5 Å². The summed E-state index contributed by atoms with van der Waals surface area (Å²) in [5.41, 5.74) is 1.89. The van der Waals surface area contributed by atoms with Gasteiger partial charge in [-0.1, -0.05) is 0 Å². The van der Waals surface area contributed by atoms with Crippen LogP contribution in [0.25, 0.3) is 0 Å². The highest BCUT2D eigenvalue weighted by atomic mass is 32.1. The average Bonchev–Trinajstić information content (AvgIpc) is 3.25. The van der Waals surface area contributed by atoms with Crippen molar-refractivity contribution >= 4 is 17.2 Å². The van der Waals surface area contributed by atoms with Crippen LogP contribution < -0.4 is 10.1 Å². The van der Waals surface area contributed by atoms with Gasteiger partial charge >= 0.3 is 0 Å². The molecule has 2 aliphatic rings. The first-order valence-corrected chi connectivity index (χ1v) is 8.91. The molecule has 2 aromatic rings. The second kappa shape index (κ2) is 5.98. The van der Waals surface area contributed by atoms with E-state index in [1.165, 1.54) is 18.5 Å². The summed E-state index contributed by atoms with van der Waals surface area (Å²) in [6.07, 6.45) is 1.21. The zero-order valence-corrected chi connectivity index (χ0v) is 13.9. The van der Waals surface area contributed by atoms with Gasteiger partial charge in [0.25, 0.3) is 5.91 Å². The van der Waals surface area contributed by atoms with Gasteiger partial charge in [-0.05, 0) is 67.1 Å². The van der Waals surface area contributed by atoms with E-state index in [0.717, 1.165) is 23.9 Å². The Labute approximate surface area is 140 Å². The maximum atomic E-state index is 12.4. The van der Waals surface area contributed by atoms with Crippen LogP contribution in [0.2, 0.25) is 0 Å². The van der Waals surface area contributed by atoms with Crippen molar-refractivity contribution < 1.29 is 9.53 Å². The van der Waals surface area contributed by atoms with Crippen LogP contribution in [-0.2, 0) is 0 Å². The van der Waals surface area contributed by atoms with Crippen LogP contribution in [0.5, 0.6) is 10.8 Å². The Morgan fingerprint density at radius 1 is 1.30 bits per heavy atom. The van der Waals surface area contributed by atoms with Crippen molar-refractivity contribution in [2.45, 2.75) is 19.4 Å². The topological polar surface area (TPSA) is 41.6 Å². The molecule has 2 saturated heterocycles. The first kappa shape index (κ1) is 14.7. The van der Waals surface area contributed by atoms with E-state index in [0.29, 0.717) is 17.5 Å². The number of nitrogens with zero attached hydrogens (tertiary/aromatic N) is 1. The summed E-state index contributed by atoms with van der Waals surface area (Å²) >= 11 is 1.58. The maximum absolute atomic E-state index is 12.4. The molecule has 0 saturated carbocycles. The van der Waals surface area contributed by atoms with E-state index in [1.54, 1.807) is 11.3 Å². The number of fused-ring (bicyclic) bond motifs is 2. The van der Waals surface area contributed by atoms with Gasteiger partial charge in [-0.15, -0.1) is 11.3 Å². The Hall–Kier alpha value is -1.85. The van der Waals surface area contributed by atoms with Crippen molar-refractivity contribution in [3.05, 3.63) is 46.8 Å². The van der Waals surface area contributed by atoms with E-state index in [-0.39, 0.29) is 5.91 Å². The molecule has 0 radical (unpaired) electrons. The zero-order chi connectivity index (χ0) is 15.8. The van der Waals surface area contributed by atoms with Gasteiger partial charge in [-0.2, -0.15) is 0 Å². The summed E-state index contributed by atoms with van der Waals surface area (Å²) in [5, 5.41) is 6.11. The Morgan fingerprint density at radius 2 is 2.13 bits per heavy atom. The number of piperidine rings is 1. The van der Waals surface area contributed by atoms with Crippen molar-refractivity contribution in [1.82, 2.24) is 10.2 Å². The molecule has 1 amide bonds. The third-order valence-corrected chi connectivity index (χ3v) is 5.61. The molecule has 120 valence electrons. The standard InChI is InChI=1S/C18H20N2O2S/c1-12-8-17(23-11-12)22-15-4-2-13(3-5-15)18(21)19-16-10-20-7-6-14(16)9-20/h2-5,8,11,14,16H,6-7,9-10H2,1H3,(H,19,21). The largest absolute Gasteiger partial charge is 0.447 e. The fraction of sp³-hybridized carbons (Fsp3) is 0.389. The predicted molar refractivity (Wildman–Crippen MR) is 91.4 cm³/mol. The minimum Gasteiger partial charge on any atom is -0.447 e. The number of hydrogen-bond donors (Lipinski definition) is 1. The van der Waals surface area contributed by atoms with Crippen molar-refractivity contribution in [3.8, 4) is 10.8 Å². The molecule has 1 aromatic heterocycles. The molecule has 2 bridgehead atoms. The molecule has 1 aromatic carbocycles. The van der Waals surface area contributed by atoms with Gasteiger partial charge < -0.3 is 15.0 Å². The summed E-state index contributed by atoms with van der Waals surface area (Å²) in [7, 11) is 0. The quantitative estimate of drug-likeness (QED) is 0.936. The van der Waals surface area contributed by atoms with E-state index in [9.17, 15) is 4.79 Å². The van der Waals surface area contributed by atoms with Crippen molar-refractivity contribution in [1.29, 1.82) is 0 Å². The number of aryl methyl sites for hydroxylation is 1. The number of amides is 1. The van der Waals surface area contributed by atoms with Crippen molar-refractivity contribution in [3.63, 3.8) is 0 Å². The minimum atomic E-state index is 0.0160. The minimum absolute atomic E-state index is 0.0160. The molecule has 1 N–H and O–H groups in total. The fourth-order valence-corrected chi connectivity index (χ4v) is 4.22. The highest BCUT2D eigenvalue weighted by Crippen LogP contribution is 2.29. The lowest BCUT2D eigenvalue weighted by Crippen LogP contribution is -2.43. The van der Waals surface area contributed by atoms with Crippen LogP contribution in [0.1, 0.15) is 22.3 Å². The molecule has 3 unspecified atom stereocenters. The molecule has 2 fully saturated rings. The number of thiophene rings is 1. The molecule has 4 rings (SSSR count). The zero-order valence-electron chi connectivity index (χ0n) is 13.1. The highest BCUT2D eigenvalue weighted by molar-refractivity contribution is 7.12. The third-order valence-electron chi connectivity index (χ3n) is 4.69. The van der Waals surface area contributed by atoms with Crippen LogP contribution in [0, 0.1) is 12.8 Å². The van der Waals surface area contributed by atoms with Crippen molar-refractivity contribution in [2.24, 2.45) is 5.92 Å². The van der Waals surface area contributed by atoms with Gasteiger partial charge in [0.15, 0.2) is 5.06 Å². The summed E-state index contributed by atoms with van der Waals surface area (Å²) in [6, 6.07) is 9.69. The van der Waals surface area contributed by atoms with Crippen LogP contribution in [0.4, 0.5) is 0 Å². The summed E-state index contributed by atoms with van der Waals surface area (Å²) in [4.78, 5) is 14.8. The molecular formula is C18H20N2O2S. The lowest BCUT2D eigenvalue weighted by atomic mass is 9.99. The molecule has 23 heavy (non-hydrogen) atoms. The van der Waals surface area contributed by atoms with E-state index >= 15 is 0 Å². The number of benzene rings is 1. The Morgan fingerprint density at radius 3 is 2.74 bits per heavy atom. The third kappa shape index (κ3) is 3.12. The monoisotopic (exact) mass is 328 g/mol. The Kier molecular flexibility index (Phi) is 3.83. The van der Waals surface area contributed by atoms with E-state index < -0.39 is 0 Å². The maximum Gasteiger partial charge on any atom is 0.251 e. The number of carbonyl (C=O) groups is 1. The van der Waals surface area contributed by atoms with Gasteiger partial charge in [0.2, 0.25) is 0 Å². The van der Waals surface area contributed by atoms with E-state index in [2.05, 4.69) is 15.6 Å². The summed E-state index contributed by atoms with van der Waals surface area (Å²) in [5.74, 6) is 1.40. The van der Waals surface area contributed by atoms with Gasteiger partial charge in [0, 0.05) is 24.7 Å². The summed E-state index contributed by atoms with van der Waals surface area (Å²) < 4.78 is 5.79. The second-order valence-corrected chi connectivity index (χ2v) is 7.33. The van der Waals surface area contributed by atoms with Crippen LogP contribution in [0.15, 0.2) is 35.7 Å². The van der Waals surface area contributed by atoms with Gasteiger partial charge in [-0.3, -0.25) is 4.79 Å². The molecule has 3 atom stereocenters. The number of rotatable bonds is 4. The fourth-order valence-electron chi connectivity index (χ4n) is 3.45. The van der Waals surface area contributed by atoms with E-state index in [1.807, 2.05) is 37.3 Å². The number of nitrogens with one attached hydrogen (secondary N) is 1. The lowest BCUT2D eigenvalue weighted by molar-refractivity contribution is 0.0924. The smallest absolute Gasteiger partial charge is 0.251 e. The predicted octanol–water partition coefficient (Wildman–Crippen LogP) is 3.28. The number of hydrogen-bond acceptors (Lipinski definition) is 4. The van der Waals surface area contributed by atoms with Gasteiger partial charge in [0.1, 0.15) is 5.75 Å². The lowest BCUT2D eigenvalue weighted by Gasteiger charge is -2.23. The first-order valence-electron chi connectivity index (χ1n) is 8.04. The van der Waals surface area contributed by atoms with Gasteiger partial charge in [0.05, 0.1) is 0 Å². The van der Waals surface area contributed by atoms with Crippen LogP contribution >= 0.6 is 11.3 Å². The Balaban J connectivity index is 1.38. The average molecular weight is 328 g/mol. The highest BCUT2D eigenvalue weighted by Gasteiger charge is 2.38. The molecule has 5 heteroatoms. The second-order valence-electron chi connectivity index (χ2n) is 6.46. The SMILES string of the molecule is Cc1csc(Oc2ccc(C(=O)NC3CN4CCC3C4)cc2)c1. The first-order chi connectivity index (χ1) is 11.2. The number of ether oxygens (including phenoxy) is 1. The molecule has 0 spiro atoms. The molecule has 3 heterocycles. The Bertz CT molecular complexity index is 710. The molecule has 2 aliphatic heterocycles. The van der Waals surface area contributed by atoms with Crippen LogP contribution in [0.3, 0.4) is 0 Å². The molecular weight excluding hydrogens is 308 g/mol. The summed E-state index contributed by atoms with van der Waals surface area (Å²) in [6.45, 7) is 5.36. The molecule has 4 nitrogen and oxygen atoms in total. The van der Waals surface area contributed by atoms with Gasteiger partial charge in [-0.25, -0.2) is 0 Å². The number of carbonyl (C=O) groups excluding carboxylic acids is 1.